The van der Waals surface area contributed by atoms with Crippen LogP contribution in [0.5, 0.6) is 0 Å². The number of primary amides is 1. The van der Waals surface area contributed by atoms with Crippen molar-refractivity contribution >= 4 is 22.7 Å². The number of nitrogens with two attached hydrogens (primary N) is 1. The Bertz CT molecular complexity index is 1150. The van der Waals surface area contributed by atoms with Crippen LogP contribution in [0.3, 0.4) is 0 Å². The van der Waals surface area contributed by atoms with Gasteiger partial charge in [0.25, 0.3) is 0 Å². The minimum atomic E-state index is -0.865. The predicted molar refractivity (Wildman–Crippen MR) is 121 cm³/mol. The lowest BCUT2D eigenvalue weighted by molar-refractivity contribution is -0.127. The number of hydrogen-bond donors (Lipinski definition) is 2. The van der Waals surface area contributed by atoms with Gasteiger partial charge in [-0.1, -0.05) is 84.9 Å². The molecule has 31 heavy (non-hydrogen) atoms. The Hall–Kier alpha value is -3.99. The Morgan fingerprint density at radius 3 is 1.97 bits per heavy atom. The van der Waals surface area contributed by atoms with Gasteiger partial charge in [-0.2, -0.15) is 0 Å². The molecule has 0 aliphatic heterocycles. The Morgan fingerprint density at radius 1 is 0.774 bits per heavy atom. The lowest BCUT2D eigenvalue weighted by Gasteiger charge is -2.22. The first-order valence-electron chi connectivity index (χ1n) is 10.2. The average Bonchev–Trinajstić information content (AvgIpc) is 2.80. The van der Waals surface area contributed by atoms with Crippen LogP contribution < -0.4 is 11.1 Å². The van der Waals surface area contributed by atoms with E-state index in [1.165, 1.54) is 0 Å². The number of carbonyl (C=O) groups excluding carboxylic acids is 2. The molecule has 154 valence electrons. The maximum atomic E-state index is 13.3. The number of rotatable bonds is 7. The van der Waals surface area contributed by atoms with Crippen molar-refractivity contribution in [2.45, 2.75) is 18.4 Å². The molecule has 0 unspecified atom stereocenters. The van der Waals surface area contributed by atoms with Crippen molar-refractivity contribution in [1.82, 2.24) is 10.3 Å². The summed E-state index contributed by atoms with van der Waals surface area (Å²) in [5.74, 6) is -1.42. The highest BCUT2D eigenvalue weighted by Crippen LogP contribution is 2.25. The van der Waals surface area contributed by atoms with Crippen molar-refractivity contribution in [3.63, 3.8) is 0 Å². The van der Waals surface area contributed by atoms with E-state index in [4.69, 9.17) is 5.73 Å². The molecule has 0 bridgehead atoms. The van der Waals surface area contributed by atoms with Crippen LogP contribution in [0.4, 0.5) is 0 Å². The lowest BCUT2D eigenvalue weighted by Crippen LogP contribution is -2.47. The van der Waals surface area contributed by atoms with Gasteiger partial charge < -0.3 is 11.1 Å². The fraction of sp³-hybridized carbons (Fsp3) is 0.115. The Labute approximate surface area is 180 Å². The minimum absolute atomic E-state index is 0.224. The average molecular weight is 409 g/mol. The third-order valence-electron chi connectivity index (χ3n) is 5.26. The maximum absolute atomic E-state index is 13.3. The van der Waals surface area contributed by atoms with E-state index in [-0.39, 0.29) is 12.3 Å². The number of fused-ring (bicyclic) bond motifs is 1. The number of carbonyl (C=O) groups is 2. The summed E-state index contributed by atoms with van der Waals surface area (Å²) in [6.07, 6.45) is 0.224. The van der Waals surface area contributed by atoms with Gasteiger partial charge in [0.1, 0.15) is 6.04 Å². The molecule has 0 spiro atoms. The molecular formula is C26H23N3O2. The van der Waals surface area contributed by atoms with E-state index in [0.29, 0.717) is 5.69 Å². The second-order valence-corrected chi connectivity index (χ2v) is 7.42. The van der Waals surface area contributed by atoms with Gasteiger partial charge in [-0.25, -0.2) is 0 Å². The molecule has 1 heterocycles. The Balaban J connectivity index is 1.59. The molecule has 0 aliphatic rings. The molecule has 4 aromatic rings. The van der Waals surface area contributed by atoms with Gasteiger partial charge in [0, 0.05) is 17.5 Å². The van der Waals surface area contributed by atoms with Crippen molar-refractivity contribution in [2.24, 2.45) is 5.73 Å². The largest absolute Gasteiger partial charge is 0.368 e. The summed E-state index contributed by atoms with van der Waals surface area (Å²) in [6, 6.07) is 29.7. The van der Waals surface area contributed by atoms with E-state index in [1.54, 1.807) is 0 Å². The summed E-state index contributed by atoms with van der Waals surface area (Å²) < 4.78 is 0. The van der Waals surface area contributed by atoms with Crippen LogP contribution in [0.1, 0.15) is 22.7 Å². The van der Waals surface area contributed by atoms with Gasteiger partial charge in [-0.05, 0) is 23.3 Å². The molecule has 0 fully saturated rings. The summed E-state index contributed by atoms with van der Waals surface area (Å²) >= 11 is 0. The van der Waals surface area contributed by atoms with Crippen LogP contribution in [-0.4, -0.2) is 22.8 Å². The van der Waals surface area contributed by atoms with Crippen molar-refractivity contribution < 1.29 is 9.59 Å². The number of aromatic nitrogens is 1. The molecule has 1 atom stereocenters. The van der Waals surface area contributed by atoms with Crippen LogP contribution in [0.2, 0.25) is 0 Å². The zero-order valence-corrected chi connectivity index (χ0v) is 16.9. The van der Waals surface area contributed by atoms with Gasteiger partial charge in [0.2, 0.25) is 11.8 Å². The fourth-order valence-corrected chi connectivity index (χ4v) is 3.70. The van der Waals surface area contributed by atoms with E-state index in [1.807, 2.05) is 97.1 Å². The summed E-state index contributed by atoms with van der Waals surface area (Å²) in [5, 5.41) is 3.87. The standard InChI is InChI=1S/C26H23N3O2/c27-25(30)23(17-21-16-15-18-9-7-8-14-22(18)28-21)29-26(31)24(19-10-3-1-4-11-19)20-12-5-2-6-13-20/h1-16,23-24H,17H2,(H2,27,30)(H,29,31)/t23-/m1/s1. The Kier molecular flexibility index (Phi) is 6.03. The van der Waals surface area contributed by atoms with Gasteiger partial charge >= 0.3 is 0 Å². The van der Waals surface area contributed by atoms with Gasteiger partial charge in [-0.3, -0.25) is 14.6 Å². The van der Waals surface area contributed by atoms with E-state index in [2.05, 4.69) is 10.3 Å². The molecule has 5 heteroatoms. The lowest BCUT2D eigenvalue weighted by atomic mass is 9.90. The molecule has 5 nitrogen and oxygen atoms in total. The maximum Gasteiger partial charge on any atom is 0.240 e. The molecule has 1 aromatic heterocycles. The Morgan fingerprint density at radius 2 is 1.35 bits per heavy atom. The van der Waals surface area contributed by atoms with Gasteiger partial charge in [0.15, 0.2) is 0 Å². The first-order valence-corrected chi connectivity index (χ1v) is 10.2. The van der Waals surface area contributed by atoms with Crippen LogP contribution in [0.25, 0.3) is 10.9 Å². The highest BCUT2D eigenvalue weighted by Gasteiger charge is 2.27. The number of para-hydroxylation sites is 1. The van der Waals surface area contributed by atoms with E-state index in [9.17, 15) is 9.59 Å². The van der Waals surface area contributed by atoms with E-state index >= 15 is 0 Å². The normalized spacial score (nSPS) is 11.9. The molecule has 4 rings (SSSR count). The summed E-state index contributed by atoms with van der Waals surface area (Å²) in [6.45, 7) is 0. The first kappa shape index (κ1) is 20.3. The number of nitrogens with one attached hydrogen (secondary N) is 1. The molecule has 0 saturated heterocycles. The smallest absolute Gasteiger partial charge is 0.240 e. The highest BCUT2D eigenvalue weighted by atomic mass is 16.2. The number of benzene rings is 3. The van der Waals surface area contributed by atoms with Crippen LogP contribution in [0, 0.1) is 0 Å². The zero-order chi connectivity index (χ0) is 21.6. The molecule has 2 amide bonds. The molecule has 0 radical (unpaired) electrons. The topological polar surface area (TPSA) is 85.1 Å². The minimum Gasteiger partial charge on any atom is -0.368 e. The first-order chi connectivity index (χ1) is 15.1. The number of pyridine rings is 1. The van der Waals surface area contributed by atoms with Crippen molar-refractivity contribution in [3.8, 4) is 0 Å². The summed E-state index contributed by atoms with van der Waals surface area (Å²) in [4.78, 5) is 30.1. The quantitative estimate of drug-likeness (QED) is 0.489. The van der Waals surface area contributed by atoms with Crippen molar-refractivity contribution in [2.75, 3.05) is 0 Å². The molecule has 0 aliphatic carbocycles. The van der Waals surface area contributed by atoms with Crippen molar-refractivity contribution in [1.29, 1.82) is 0 Å². The predicted octanol–water partition coefficient (Wildman–Crippen LogP) is 3.58. The number of nitrogens with zero attached hydrogens (tertiary/aromatic N) is 1. The van der Waals surface area contributed by atoms with Crippen LogP contribution >= 0.6 is 0 Å². The van der Waals surface area contributed by atoms with Crippen molar-refractivity contribution in [3.05, 3.63) is 114 Å². The molecule has 0 saturated carbocycles. The number of amides is 2. The second kappa shape index (κ2) is 9.22. The molecule has 3 aromatic carbocycles. The summed E-state index contributed by atoms with van der Waals surface area (Å²) in [5.41, 5.74) is 8.86. The second-order valence-electron chi connectivity index (χ2n) is 7.42. The molecule has 3 N–H and O–H groups in total. The van der Waals surface area contributed by atoms with Gasteiger partial charge in [0.05, 0.1) is 11.4 Å². The summed E-state index contributed by atoms with van der Waals surface area (Å²) in [7, 11) is 0. The monoisotopic (exact) mass is 409 g/mol. The number of hydrogen-bond acceptors (Lipinski definition) is 3. The van der Waals surface area contributed by atoms with Crippen LogP contribution in [0.15, 0.2) is 97.1 Å². The van der Waals surface area contributed by atoms with Crippen LogP contribution in [-0.2, 0) is 16.0 Å². The highest BCUT2D eigenvalue weighted by molar-refractivity contribution is 5.92. The van der Waals surface area contributed by atoms with E-state index < -0.39 is 17.9 Å². The third-order valence-corrected chi connectivity index (χ3v) is 5.26. The van der Waals surface area contributed by atoms with Gasteiger partial charge in [-0.15, -0.1) is 0 Å². The fourth-order valence-electron chi connectivity index (χ4n) is 3.70. The zero-order valence-electron chi connectivity index (χ0n) is 16.9. The van der Waals surface area contributed by atoms with E-state index in [0.717, 1.165) is 22.0 Å². The third kappa shape index (κ3) is 4.78. The SMILES string of the molecule is NC(=O)[C@@H](Cc1ccc2ccccc2n1)NC(=O)C(c1ccccc1)c1ccccc1. The molecular weight excluding hydrogens is 386 g/mol.